The molecule has 2 fully saturated rings. The van der Waals surface area contributed by atoms with E-state index in [0.717, 1.165) is 30.6 Å². The number of carbonyl (C=O) groups excluding carboxylic acids is 1. The highest BCUT2D eigenvalue weighted by Crippen LogP contribution is 2.41. The molecule has 6 heteroatoms. The summed E-state index contributed by atoms with van der Waals surface area (Å²) in [6.45, 7) is 2.05. The van der Waals surface area contributed by atoms with Gasteiger partial charge in [-0.15, -0.1) is 11.3 Å². The van der Waals surface area contributed by atoms with Gasteiger partial charge in [0.25, 0.3) is 5.91 Å². The van der Waals surface area contributed by atoms with Gasteiger partial charge in [-0.1, -0.05) is 0 Å². The van der Waals surface area contributed by atoms with Crippen LogP contribution in [0.3, 0.4) is 0 Å². The first kappa shape index (κ1) is 13.0. The van der Waals surface area contributed by atoms with Gasteiger partial charge in [0, 0.05) is 17.0 Å². The van der Waals surface area contributed by atoms with E-state index in [-0.39, 0.29) is 5.91 Å². The number of amides is 1. The van der Waals surface area contributed by atoms with E-state index in [1.165, 1.54) is 4.88 Å². The van der Waals surface area contributed by atoms with Crippen LogP contribution >= 0.6 is 11.3 Å². The summed E-state index contributed by atoms with van der Waals surface area (Å²) in [7, 11) is 0. The number of thiophene rings is 1. The molecule has 1 amide bonds. The van der Waals surface area contributed by atoms with Crippen molar-refractivity contribution in [3.63, 3.8) is 0 Å². The van der Waals surface area contributed by atoms with Crippen LogP contribution in [0, 0.1) is 6.92 Å². The summed E-state index contributed by atoms with van der Waals surface area (Å²) in [4.78, 5) is 18.8. The summed E-state index contributed by atoms with van der Waals surface area (Å²) < 4.78 is 0. The quantitative estimate of drug-likeness (QED) is 0.857. The molecule has 0 N–H and O–H groups in total. The molecule has 2 aromatic rings. The van der Waals surface area contributed by atoms with Crippen LogP contribution in [0.15, 0.2) is 24.5 Å². The third-order valence-electron chi connectivity index (χ3n) is 4.66. The van der Waals surface area contributed by atoms with E-state index in [2.05, 4.69) is 15.1 Å². The summed E-state index contributed by atoms with van der Waals surface area (Å²) in [5.41, 5.74) is 0. The number of hydrogen-bond acceptors (Lipinski definition) is 4. The van der Waals surface area contributed by atoms with Crippen molar-refractivity contribution in [2.45, 2.75) is 50.7 Å². The van der Waals surface area contributed by atoms with Gasteiger partial charge in [0.15, 0.2) is 0 Å². The van der Waals surface area contributed by atoms with Crippen molar-refractivity contribution >= 4 is 17.2 Å². The van der Waals surface area contributed by atoms with Gasteiger partial charge in [-0.3, -0.25) is 4.79 Å². The first-order valence-corrected chi connectivity index (χ1v) is 8.29. The summed E-state index contributed by atoms with van der Waals surface area (Å²) in [5, 5.41) is 8.54. The van der Waals surface area contributed by atoms with Crippen LogP contribution in [0.5, 0.6) is 0 Å². The van der Waals surface area contributed by atoms with Gasteiger partial charge in [0.1, 0.15) is 0 Å². The van der Waals surface area contributed by atoms with Crippen LogP contribution in [0.2, 0.25) is 0 Å². The highest BCUT2D eigenvalue weighted by molar-refractivity contribution is 7.13. The molecular weight excluding hydrogens is 284 g/mol. The molecule has 21 heavy (non-hydrogen) atoms. The number of aromatic nitrogens is 3. The Hall–Kier alpha value is -1.69. The molecule has 2 saturated heterocycles. The molecule has 4 heterocycles. The van der Waals surface area contributed by atoms with E-state index >= 15 is 0 Å². The Balaban J connectivity index is 1.55. The molecule has 2 atom stereocenters. The van der Waals surface area contributed by atoms with Gasteiger partial charge in [0.2, 0.25) is 0 Å². The minimum Gasteiger partial charge on any atom is -0.332 e. The fraction of sp³-hybridized carbons (Fsp3) is 0.533. The predicted molar refractivity (Wildman–Crippen MR) is 80.3 cm³/mol. The maximum Gasteiger partial charge on any atom is 0.264 e. The smallest absolute Gasteiger partial charge is 0.264 e. The van der Waals surface area contributed by atoms with Gasteiger partial charge in [-0.25, -0.2) is 0 Å². The van der Waals surface area contributed by atoms with E-state index in [1.807, 2.05) is 23.9 Å². The standard InChI is InChI=1S/C15H18N4OS/c1-10-2-5-14(21-10)15(20)18-11-3-4-12(18)9-13(8-11)19-16-6-7-17-19/h2,5-7,11-13H,3-4,8-9H2,1H3. The van der Waals surface area contributed by atoms with Crippen molar-refractivity contribution in [3.8, 4) is 0 Å². The van der Waals surface area contributed by atoms with Crippen LogP contribution < -0.4 is 0 Å². The third-order valence-corrected chi connectivity index (χ3v) is 5.65. The van der Waals surface area contributed by atoms with Crippen molar-refractivity contribution in [1.82, 2.24) is 19.9 Å². The van der Waals surface area contributed by atoms with Crippen molar-refractivity contribution < 1.29 is 4.79 Å². The molecule has 0 spiro atoms. The molecule has 0 radical (unpaired) electrons. The number of fused-ring (bicyclic) bond motifs is 2. The summed E-state index contributed by atoms with van der Waals surface area (Å²) >= 11 is 1.60. The Kier molecular flexibility index (Phi) is 3.06. The van der Waals surface area contributed by atoms with E-state index < -0.39 is 0 Å². The minimum atomic E-state index is 0.215. The second-order valence-corrected chi connectivity index (χ2v) is 7.27. The zero-order valence-electron chi connectivity index (χ0n) is 12.0. The maximum atomic E-state index is 12.8. The molecule has 0 aliphatic carbocycles. The van der Waals surface area contributed by atoms with Crippen molar-refractivity contribution in [3.05, 3.63) is 34.3 Å². The fourth-order valence-corrected chi connectivity index (χ4v) is 4.57. The molecule has 5 nitrogen and oxygen atoms in total. The van der Waals surface area contributed by atoms with Crippen molar-refractivity contribution in [2.75, 3.05) is 0 Å². The Bertz CT molecular complexity index is 636. The van der Waals surface area contributed by atoms with Crippen LogP contribution in [-0.2, 0) is 0 Å². The second-order valence-electron chi connectivity index (χ2n) is 5.98. The van der Waals surface area contributed by atoms with Gasteiger partial charge in [-0.2, -0.15) is 15.0 Å². The SMILES string of the molecule is Cc1ccc(C(=O)N2C3CCC2CC(n2nccn2)C3)s1. The van der Waals surface area contributed by atoms with Crippen LogP contribution in [0.4, 0.5) is 0 Å². The summed E-state index contributed by atoms with van der Waals surface area (Å²) in [6, 6.07) is 5.01. The first-order chi connectivity index (χ1) is 10.2. The van der Waals surface area contributed by atoms with E-state index in [1.54, 1.807) is 23.7 Å². The number of carbonyl (C=O) groups is 1. The Labute approximate surface area is 127 Å². The molecule has 0 saturated carbocycles. The average molecular weight is 302 g/mol. The van der Waals surface area contributed by atoms with Crippen molar-refractivity contribution in [1.29, 1.82) is 0 Å². The third kappa shape index (κ3) is 2.18. The molecule has 2 aromatic heterocycles. The van der Waals surface area contributed by atoms with E-state index in [4.69, 9.17) is 0 Å². The van der Waals surface area contributed by atoms with E-state index in [9.17, 15) is 4.79 Å². The van der Waals surface area contributed by atoms with Crippen molar-refractivity contribution in [2.24, 2.45) is 0 Å². The first-order valence-electron chi connectivity index (χ1n) is 7.47. The summed E-state index contributed by atoms with van der Waals surface area (Å²) in [5.74, 6) is 0.215. The molecule has 2 bridgehead atoms. The van der Waals surface area contributed by atoms with Crippen LogP contribution in [0.1, 0.15) is 46.3 Å². The number of rotatable bonds is 2. The predicted octanol–water partition coefficient (Wildman–Crippen LogP) is 2.66. The fourth-order valence-electron chi connectivity index (χ4n) is 3.76. The lowest BCUT2D eigenvalue weighted by molar-refractivity contribution is 0.0517. The zero-order chi connectivity index (χ0) is 14.4. The van der Waals surface area contributed by atoms with Gasteiger partial charge < -0.3 is 4.90 Å². The van der Waals surface area contributed by atoms with Gasteiger partial charge in [-0.05, 0) is 44.7 Å². The minimum absolute atomic E-state index is 0.215. The van der Waals surface area contributed by atoms with Crippen LogP contribution in [0.25, 0.3) is 0 Å². The molecule has 0 aromatic carbocycles. The Morgan fingerprint density at radius 2 is 1.81 bits per heavy atom. The molecule has 2 aliphatic rings. The number of nitrogens with zero attached hydrogens (tertiary/aromatic N) is 4. The van der Waals surface area contributed by atoms with Gasteiger partial charge >= 0.3 is 0 Å². The topological polar surface area (TPSA) is 51.0 Å². The molecular formula is C15H18N4OS. The lowest BCUT2D eigenvalue weighted by Crippen LogP contribution is -2.47. The highest BCUT2D eigenvalue weighted by atomic mass is 32.1. The zero-order valence-corrected chi connectivity index (χ0v) is 12.8. The Morgan fingerprint density at radius 3 is 2.38 bits per heavy atom. The number of aryl methyl sites for hydroxylation is 1. The normalized spacial score (nSPS) is 28.0. The monoisotopic (exact) mass is 302 g/mol. The summed E-state index contributed by atoms with van der Waals surface area (Å²) in [6.07, 6.45) is 7.63. The number of hydrogen-bond donors (Lipinski definition) is 0. The van der Waals surface area contributed by atoms with Crippen LogP contribution in [-0.4, -0.2) is 37.9 Å². The number of piperidine rings is 1. The molecule has 2 unspecified atom stereocenters. The maximum absolute atomic E-state index is 12.8. The second kappa shape index (κ2) is 4.94. The lowest BCUT2D eigenvalue weighted by Gasteiger charge is -2.38. The Morgan fingerprint density at radius 1 is 1.14 bits per heavy atom. The van der Waals surface area contributed by atoms with Gasteiger partial charge in [0.05, 0.1) is 23.3 Å². The van der Waals surface area contributed by atoms with E-state index in [0.29, 0.717) is 18.1 Å². The molecule has 110 valence electrons. The lowest BCUT2D eigenvalue weighted by atomic mass is 9.97. The largest absolute Gasteiger partial charge is 0.332 e. The molecule has 4 rings (SSSR count). The molecule has 2 aliphatic heterocycles. The average Bonchev–Trinajstić information content (AvgIpc) is 3.18. The highest BCUT2D eigenvalue weighted by Gasteiger charge is 2.44.